The molecule has 0 aliphatic carbocycles. The lowest BCUT2D eigenvalue weighted by molar-refractivity contribution is -0.385. The van der Waals surface area contributed by atoms with Crippen molar-refractivity contribution in [3.8, 4) is 11.5 Å². The molecule has 0 fully saturated rings. The summed E-state index contributed by atoms with van der Waals surface area (Å²) in [6.07, 6.45) is 7.44. The van der Waals surface area contributed by atoms with Crippen molar-refractivity contribution in [2.75, 3.05) is 14.2 Å². The summed E-state index contributed by atoms with van der Waals surface area (Å²) in [4.78, 5) is 7.21. The Balaban J connectivity index is 0.00000180. The molecule has 0 atom stereocenters. The number of aromatic amines is 1. The first kappa shape index (κ1) is 17.9. The van der Waals surface area contributed by atoms with Gasteiger partial charge in [-0.15, -0.1) is 0 Å². The molecular weight excluding hydrogens is 280 g/mol. The van der Waals surface area contributed by atoms with Gasteiger partial charge >= 0.3 is 5.82 Å². The van der Waals surface area contributed by atoms with E-state index in [1.165, 1.54) is 0 Å². The standard InChI is InChI=1S/C14H14N2O2.ClH.H2O/c1-17-12-6-4-11(10-13(12)18-2)5-7-14-15-8-3-9-16-14;;/h3-10H,1-2H3;1H;1H2/b7-5+;;. The van der Waals surface area contributed by atoms with Crippen molar-refractivity contribution in [1.29, 1.82) is 0 Å². The Morgan fingerprint density at radius 3 is 2.45 bits per heavy atom. The number of nitrogens with one attached hydrogen (secondary N) is 1. The van der Waals surface area contributed by atoms with E-state index in [4.69, 9.17) is 9.47 Å². The highest BCUT2D eigenvalue weighted by atomic mass is 35.5. The number of nitrogens with zero attached hydrogens (tertiary/aromatic N) is 1. The number of H-pyrrole nitrogens is 1. The van der Waals surface area contributed by atoms with E-state index < -0.39 is 0 Å². The minimum atomic E-state index is 0. The molecule has 6 heteroatoms. The molecule has 0 amide bonds. The lowest BCUT2D eigenvalue weighted by Gasteiger charge is -2.07. The summed E-state index contributed by atoms with van der Waals surface area (Å²) < 4.78 is 10.4. The maximum atomic E-state index is 5.25. The van der Waals surface area contributed by atoms with Crippen LogP contribution in [0.1, 0.15) is 11.4 Å². The van der Waals surface area contributed by atoms with Crippen molar-refractivity contribution in [2.45, 2.75) is 0 Å². The molecule has 0 spiro atoms. The Bertz CT molecular complexity index is 547. The number of benzene rings is 1. The quantitative estimate of drug-likeness (QED) is 0.672. The molecule has 2 aromatic rings. The van der Waals surface area contributed by atoms with E-state index in [1.54, 1.807) is 20.4 Å². The summed E-state index contributed by atoms with van der Waals surface area (Å²) in [5.41, 5.74) is 1.02. The third-order valence-electron chi connectivity index (χ3n) is 2.47. The van der Waals surface area contributed by atoms with E-state index in [9.17, 15) is 0 Å². The van der Waals surface area contributed by atoms with Crippen LogP contribution < -0.4 is 26.9 Å². The van der Waals surface area contributed by atoms with Gasteiger partial charge in [-0.2, -0.15) is 0 Å². The van der Waals surface area contributed by atoms with Gasteiger partial charge in [0.25, 0.3) is 0 Å². The predicted molar refractivity (Wildman–Crippen MR) is 72.9 cm³/mol. The molecule has 1 heterocycles. The van der Waals surface area contributed by atoms with Gasteiger partial charge in [0.05, 0.1) is 20.4 Å². The first-order valence-corrected chi connectivity index (χ1v) is 5.56. The number of aromatic nitrogens is 2. The van der Waals surface area contributed by atoms with Gasteiger partial charge in [0.2, 0.25) is 0 Å². The average Bonchev–Trinajstić information content (AvgIpc) is 2.45. The van der Waals surface area contributed by atoms with Crippen molar-refractivity contribution in [2.24, 2.45) is 0 Å². The van der Waals surface area contributed by atoms with Gasteiger partial charge in [-0.25, -0.2) is 4.98 Å². The summed E-state index contributed by atoms with van der Waals surface area (Å²) in [5, 5.41) is 0. The fourth-order valence-electron chi connectivity index (χ4n) is 1.56. The third kappa shape index (κ3) is 4.53. The SMILES string of the molecule is COc1ccc(/C=C/c2nccc[nH+]2)cc1OC.O.[Cl-]. The number of ether oxygens (including phenoxy) is 2. The highest BCUT2D eigenvalue weighted by Gasteiger charge is 2.03. The van der Waals surface area contributed by atoms with E-state index in [-0.39, 0.29) is 17.9 Å². The molecular formula is C14H17ClN2O3. The van der Waals surface area contributed by atoms with E-state index in [1.807, 2.05) is 42.6 Å². The minimum Gasteiger partial charge on any atom is -1.00 e. The minimum absolute atomic E-state index is 0. The molecule has 0 radical (unpaired) electrons. The second-order valence-corrected chi connectivity index (χ2v) is 3.61. The second kappa shape index (κ2) is 8.90. The summed E-state index contributed by atoms with van der Waals surface area (Å²) in [5.74, 6) is 2.23. The molecule has 5 nitrogen and oxygen atoms in total. The van der Waals surface area contributed by atoms with Crippen molar-refractivity contribution in [1.82, 2.24) is 4.98 Å². The number of methoxy groups -OCH3 is 2. The molecule has 3 N–H and O–H groups in total. The zero-order chi connectivity index (χ0) is 12.8. The van der Waals surface area contributed by atoms with Crippen LogP contribution in [-0.2, 0) is 0 Å². The molecule has 0 saturated heterocycles. The van der Waals surface area contributed by atoms with Crippen LogP contribution in [-0.4, -0.2) is 24.7 Å². The van der Waals surface area contributed by atoms with Crippen LogP contribution in [0.4, 0.5) is 0 Å². The van der Waals surface area contributed by atoms with Crippen molar-refractivity contribution >= 4 is 12.2 Å². The predicted octanol–water partition coefficient (Wildman–Crippen LogP) is -1.74. The van der Waals surface area contributed by atoms with Crippen LogP contribution in [0.15, 0.2) is 36.7 Å². The van der Waals surface area contributed by atoms with Crippen LogP contribution in [0, 0.1) is 0 Å². The third-order valence-corrected chi connectivity index (χ3v) is 2.47. The number of halogens is 1. The van der Waals surface area contributed by atoms with Crippen LogP contribution in [0.3, 0.4) is 0 Å². The first-order chi connectivity index (χ1) is 8.83. The normalized spacial score (nSPS) is 9.50. The fourth-order valence-corrected chi connectivity index (χ4v) is 1.56. The van der Waals surface area contributed by atoms with E-state index in [2.05, 4.69) is 9.97 Å². The second-order valence-electron chi connectivity index (χ2n) is 3.61. The molecule has 0 bridgehead atoms. The Hall–Kier alpha value is -2.11. The molecule has 0 aliphatic rings. The van der Waals surface area contributed by atoms with E-state index >= 15 is 0 Å². The van der Waals surface area contributed by atoms with Gasteiger partial charge in [0.1, 0.15) is 6.20 Å². The smallest absolute Gasteiger partial charge is 0.320 e. The van der Waals surface area contributed by atoms with Crippen molar-refractivity contribution < 1.29 is 32.3 Å². The molecule has 2 rings (SSSR count). The number of hydrogen-bond donors (Lipinski definition) is 0. The fraction of sp³-hybridized carbons (Fsp3) is 0.143. The summed E-state index contributed by atoms with van der Waals surface area (Å²) in [6, 6.07) is 7.59. The largest absolute Gasteiger partial charge is 1.00 e. The first-order valence-electron chi connectivity index (χ1n) is 5.56. The van der Waals surface area contributed by atoms with Crippen LogP contribution in [0.25, 0.3) is 12.2 Å². The zero-order valence-corrected chi connectivity index (χ0v) is 12.0. The van der Waals surface area contributed by atoms with Gasteiger partial charge < -0.3 is 27.4 Å². The Kier molecular flexibility index (Phi) is 7.96. The zero-order valence-electron chi connectivity index (χ0n) is 11.3. The highest BCUT2D eigenvalue weighted by molar-refractivity contribution is 5.67. The van der Waals surface area contributed by atoms with Crippen LogP contribution in [0.5, 0.6) is 11.5 Å². The van der Waals surface area contributed by atoms with E-state index in [0.717, 1.165) is 17.1 Å². The summed E-state index contributed by atoms with van der Waals surface area (Å²) in [6.45, 7) is 0. The lowest BCUT2D eigenvalue weighted by atomic mass is 10.2. The Morgan fingerprint density at radius 1 is 1.10 bits per heavy atom. The van der Waals surface area contributed by atoms with Crippen LogP contribution >= 0.6 is 0 Å². The van der Waals surface area contributed by atoms with Gasteiger partial charge in [0, 0.05) is 12.1 Å². The molecule has 0 saturated carbocycles. The number of rotatable bonds is 4. The van der Waals surface area contributed by atoms with Gasteiger partial charge in [-0.05, 0) is 28.8 Å². The van der Waals surface area contributed by atoms with Crippen molar-refractivity contribution in [3.63, 3.8) is 0 Å². The maximum absolute atomic E-state index is 5.25. The van der Waals surface area contributed by atoms with Gasteiger partial charge in [0.15, 0.2) is 11.5 Å². The number of hydrogen-bond acceptors (Lipinski definition) is 3. The molecule has 108 valence electrons. The lowest BCUT2D eigenvalue weighted by Crippen LogP contribution is -3.00. The van der Waals surface area contributed by atoms with Gasteiger partial charge in [-0.3, -0.25) is 0 Å². The Morgan fingerprint density at radius 2 is 1.85 bits per heavy atom. The monoisotopic (exact) mass is 296 g/mol. The van der Waals surface area contributed by atoms with Crippen LogP contribution in [0.2, 0.25) is 0 Å². The highest BCUT2D eigenvalue weighted by Crippen LogP contribution is 2.28. The topological polar surface area (TPSA) is 77.0 Å². The Labute approximate surface area is 124 Å². The molecule has 0 aliphatic heterocycles. The molecule has 1 aromatic heterocycles. The average molecular weight is 297 g/mol. The molecule has 20 heavy (non-hydrogen) atoms. The summed E-state index contributed by atoms with van der Waals surface area (Å²) in [7, 11) is 3.24. The summed E-state index contributed by atoms with van der Waals surface area (Å²) >= 11 is 0. The van der Waals surface area contributed by atoms with Gasteiger partial charge in [-0.1, -0.05) is 6.07 Å². The maximum Gasteiger partial charge on any atom is 0.320 e. The van der Waals surface area contributed by atoms with Crippen molar-refractivity contribution in [3.05, 3.63) is 48.0 Å². The molecule has 1 aromatic carbocycles. The molecule has 0 unspecified atom stereocenters. The van der Waals surface area contributed by atoms with E-state index in [0.29, 0.717) is 5.75 Å².